The Labute approximate surface area is 210 Å². The van der Waals surface area contributed by atoms with Crippen molar-refractivity contribution in [1.29, 1.82) is 0 Å². The third-order valence-corrected chi connectivity index (χ3v) is 6.88. The molecule has 4 atom stereocenters. The summed E-state index contributed by atoms with van der Waals surface area (Å²) in [5, 5.41) is 37.4. The molecule has 1 fully saturated rings. The number of hydrogen-bond acceptors (Lipinski definition) is 11. The van der Waals surface area contributed by atoms with Gasteiger partial charge in [0.2, 0.25) is 11.8 Å². The van der Waals surface area contributed by atoms with Crippen molar-refractivity contribution < 1.29 is 37.4 Å². The number of aromatic amines is 1. The Bertz CT molecular complexity index is 1280. The Morgan fingerprint density at radius 2 is 2.06 bits per heavy atom. The predicted octanol–water partition coefficient (Wildman–Crippen LogP) is -1.77. The summed E-state index contributed by atoms with van der Waals surface area (Å²) >= 11 is 1.50. The highest BCUT2D eigenvalue weighted by Crippen LogP contribution is 2.36. The Morgan fingerprint density at radius 3 is 2.80 bits per heavy atom. The van der Waals surface area contributed by atoms with Crippen LogP contribution in [0.5, 0.6) is 5.88 Å². The maximum atomic E-state index is 10.5. The molecule has 0 bridgehead atoms. The first-order valence-electron chi connectivity index (χ1n) is 10.7. The highest BCUT2D eigenvalue weighted by atomic mass is 35.5. The van der Waals surface area contributed by atoms with Crippen LogP contribution < -0.4 is 32.8 Å². The number of aliphatic hydroxyl groups is 3. The molecule has 4 aromatic rings. The predicted molar refractivity (Wildman–Crippen MR) is 126 cm³/mol. The Kier molecular flexibility index (Phi) is 7.57. The molecule has 184 valence electrons. The molecule has 0 aromatic carbocycles. The van der Waals surface area contributed by atoms with Crippen LogP contribution >= 0.6 is 11.3 Å². The number of nitrogens with zero attached hydrogens (tertiary/aromatic N) is 4. The number of aliphatic hydroxyl groups excluding tert-OH is 3. The van der Waals surface area contributed by atoms with E-state index >= 15 is 0 Å². The number of ether oxygens (including phenoxy) is 1. The molecule has 0 aliphatic heterocycles. The molecule has 4 heterocycles. The number of rotatable bonds is 7. The van der Waals surface area contributed by atoms with Gasteiger partial charge < -0.3 is 43.1 Å². The highest BCUT2D eigenvalue weighted by Gasteiger charge is 2.41. The van der Waals surface area contributed by atoms with Gasteiger partial charge in [-0.2, -0.15) is 4.98 Å². The van der Waals surface area contributed by atoms with Crippen LogP contribution in [0.15, 0.2) is 43.0 Å². The first-order chi connectivity index (χ1) is 16.6. The van der Waals surface area contributed by atoms with Gasteiger partial charge in [-0.25, -0.2) is 19.9 Å². The summed E-state index contributed by atoms with van der Waals surface area (Å²) in [5.74, 6) is 0.805. The summed E-state index contributed by atoms with van der Waals surface area (Å²) in [4.78, 5) is 20.9. The standard InChI is InChI=1S/C22H23N7O4S.ClH/c1-33-17-7-12(2-5-24-17)26-22-25-8-13(21-28-15-9-23-4-3-16(15)34-21)20(29-22)27-14-6-11(10-30)18(31)19(14)32;/h2-5,7-9,11,14,18-19,30-32H,6,10H2,1H3,(H2,24,25,26,27,29);1H/t11-,14-,18-,19+;/m1./s1. The molecule has 13 heteroatoms. The molecular formula is C22H24ClN7O4S. The largest absolute Gasteiger partial charge is 1.00 e. The van der Waals surface area contributed by atoms with E-state index in [4.69, 9.17) is 4.74 Å². The zero-order chi connectivity index (χ0) is 23.7. The summed E-state index contributed by atoms with van der Waals surface area (Å²) in [7, 11) is 1.54. The average Bonchev–Trinajstić information content (AvgIpc) is 3.40. The maximum absolute atomic E-state index is 10.5. The minimum atomic E-state index is -1.05. The SMILES string of the molecule is COc1cc(Nc2ncc(-c3nc4c[nH+]ccc4s3)c(N[C@@H]3C[C@H](CO)[C@@H](O)[C@H]3O)n2)ccn1.[Cl-]. The molecular weight excluding hydrogens is 494 g/mol. The fraction of sp³-hybridized carbons (Fsp3) is 0.318. The summed E-state index contributed by atoms with van der Waals surface area (Å²) in [6, 6.07) is 4.93. The minimum absolute atomic E-state index is 0. The van der Waals surface area contributed by atoms with Gasteiger partial charge in [0.25, 0.3) is 0 Å². The Balaban J connectivity index is 0.00000289. The van der Waals surface area contributed by atoms with E-state index in [1.165, 1.54) is 18.4 Å². The van der Waals surface area contributed by atoms with Crippen LogP contribution in [-0.4, -0.2) is 67.2 Å². The van der Waals surface area contributed by atoms with E-state index < -0.39 is 24.2 Å². The zero-order valence-corrected chi connectivity index (χ0v) is 20.2. The highest BCUT2D eigenvalue weighted by molar-refractivity contribution is 7.21. The second-order valence-corrected chi connectivity index (χ2v) is 9.02. The lowest BCUT2D eigenvalue weighted by Crippen LogP contribution is -3.00. The molecule has 0 radical (unpaired) electrons. The first-order valence-corrected chi connectivity index (χ1v) is 11.5. The van der Waals surface area contributed by atoms with Crippen molar-refractivity contribution in [2.45, 2.75) is 24.7 Å². The molecule has 1 aliphatic rings. The van der Waals surface area contributed by atoms with Crippen LogP contribution in [-0.2, 0) is 0 Å². The van der Waals surface area contributed by atoms with E-state index in [0.717, 1.165) is 10.2 Å². The molecule has 0 saturated heterocycles. The first kappa shape index (κ1) is 24.9. The van der Waals surface area contributed by atoms with E-state index in [9.17, 15) is 15.3 Å². The number of H-pyrrole nitrogens is 1. The van der Waals surface area contributed by atoms with Crippen molar-refractivity contribution in [2.24, 2.45) is 5.92 Å². The van der Waals surface area contributed by atoms with Crippen LogP contribution in [0.2, 0.25) is 0 Å². The van der Waals surface area contributed by atoms with Crippen molar-refractivity contribution in [1.82, 2.24) is 19.9 Å². The molecule has 5 rings (SSSR count). The molecule has 11 nitrogen and oxygen atoms in total. The molecule has 6 N–H and O–H groups in total. The number of thiazole rings is 1. The van der Waals surface area contributed by atoms with E-state index in [-0.39, 0.29) is 19.0 Å². The fourth-order valence-corrected chi connectivity index (χ4v) is 4.95. The second-order valence-electron chi connectivity index (χ2n) is 7.99. The number of nitrogens with one attached hydrogen (secondary N) is 3. The minimum Gasteiger partial charge on any atom is -1.00 e. The van der Waals surface area contributed by atoms with Crippen LogP contribution in [0.3, 0.4) is 0 Å². The van der Waals surface area contributed by atoms with E-state index in [2.05, 4.69) is 35.6 Å². The topological polar surface area (TPSA) is 160 Å². The van der Waals surface area contributed by atoms with Gasteiger partial charge in [0.1, 0.15) is 22.4 Å². The molecule has 0 amide bonds. The average molecular weight is 518 g/mol. The van der Waals surface area contributed by atoms with Crippen LogP contribution in [0.25, 0.3) is 20.8 Å². The summed E-state index contributed by atoms with van der Waals surface area (Å²) in [6.45, 7) is -0.210. The van der Waals surface area contributed by atoms with Gasteiger partial charge in [-0.05, 0) is 12.5 Å². The number of aromatic nitrogens is 5. The van der Waals surface area contributed by atoms with Gasteiger partial charge in [0.15, 0.2) is 12.4 Å². The number of pyridine rings is 2. The van der Waals surface area contributed by atoms with Crippen molar-refractivity contribution >= 4 is 39.0 Å². The van der Waals surface area contributed by atoms with Gasteiger partial charge in [0, 0.05) is 42.7 Å². The quantitative estimate of drug-likeness (QED) is 0.190. The molecule has 4 aromatic heterocycles. The molecule has 1 aliphatic carbocycles. The van der Waals surface area contributed by atoms with E-state index in [0.29, 0.717) is 40.3 Å². The van der Waals surface area contributed by atoms with Crippen molar-refractivity contribution in [3.05, 3.63) is 43.0 Å². The summed E-state index contributed by atoms with van der Waals surface area (Å²) < 4.78 is 6.17. The summed E-state index contributed by atoms with van der Waals surface area (Å²) in [5.41, 5.74) is 2.17. The zero-order valence-electron chi connectivity index (χ0n) is 18.6. The van der Waals surface area contributed by atoms with Crippen molar-refractivity contribution in [3.8, 4) is 16.5 Å². The second kappa shape index (κ2) is 10.6. The van der Waals surface area contributed by atoms with Crippen LogP contribution in [0.4, 0.5) is 17.5 Å². The third kappa shape index (κ3) is 5.11. The lowest BCUT2D eigenvalue weighted by atomic mass is 10.1. The Hall–Kier alpha value is -3.16. The molecule has 35 heavy (non-hydrogen) atoms. The number of methoxy groups -OCH3 is 1. The normalized spacial score (nSPS) is 21.5. The molecule has 0 unspecified atom stereocenters. The number of fused-ring (bicyclic) bond motifs is 1. The monoisotopic (exact) mass is 517 g/mol. The van der Waals surface area contributed by atoms with E-state index in [1.54, 1.807) is 24.5 Å². The van der Waals surface area contributed by atoms with E-state index in [1.807, 2.05) is 18.5 Å². The molecule has 0 spiro atoms. The number of halogens is 1. The van der Waals surface area contributed by atoms with Gasteiger partial charge >= 0.3 is 0 Å². The van der Waals surface area contributed by atoms with Gasteiger partial charge in [-0.1, -0.05) is 0 Å². The van der Waals surface area contributed by atoms with Gasteiger partial charge in [-0.3, -0.25) is 0 Å². The van der Waals surface area contributed by atoms with Crippen LogP contribution in [0, 0.1) is 5.92 Å². The smallest absolute Gasteiger partial charge is 0.229 e. The lowest BCUT2D eigenvalue weighted by molar-refractivity contribution is -0.376. The van der Waals surface area contributed by atoms with Crippen molar-refractivity contribution in [3.63, 3.8) is 0 Å². The maximum Gasteiger partial charge on any atom is 0.229 e. The Morgan fingerprint density at radius 1 is 1.20 bits per heavy atom. The summed E-state index contributed by atoms with van der Waals surface area (Å²) in [6.07, 6.45) is 5.25. The number of hydrogen-bond donors (Lipinski definition) is 5. The van der Waals surface area contributed by atoms with Gasteiger partial charge in [0.05, 0.1) is 29.5 Å². The fourth-order valence-electron chi connectivity index (χ4n) is 3.99. The molecule has 1 saturated carbocycles. The lowest BCUT2D eigenvalue weighted by Gasteiger charge is -2.20. The van der Waals surface area contributed by atoms with Crippen molar-refractivity contribution in [2.75, 3.05) is 24.4 Å². The van der Waals surface area contributed by atoms with Crippen LogP contribution in [0.1, 0.15) is 6.42 Å². The third-order valence-electron chi connectivity index (χ3n) is 5.81. The van der Waals surface area contributed by atoms with Gasteiger partial charge in [-0.15, -0.1) is 11.3 Å². The number of anilines is 3.